The number of nitrogens with zero attached hydrogens (tertiary/aromatic N) is 1. The van der Waals surface area contributed by atoms with Gasteiger partial charge in [0.1, 0.15) is 0 Å². The Hall–Kier alpha value is -0.890. The van der Waals surface area contributed by atoms with E-state index < -0.39 is 12.1 Å². The predicted octanol–water partition coefficient (Wildman–Crippen LogP) is 1.70. The molecular formula is C10H11BrN2O. The lowest BCUT2D eigenvalue weighted by atomic mass is 10.0. The molecule has 0 saturated carbocycles. The van der Waals surface area contributed by atoms with Gasteiger partial charge in [0.25, 0.3) is 0 Å². The lowest BCUT2D eigenvalue weighted by molar-refractivity contribution is 0.164. The number of aliphatic hydroxyl groups excluding tert-OH is 1. The fourth-order valence-corrected chi connectivity index (χ4v) is 1.77. The molecule has 0 saturated heterocycles. The maximum atomic E-state index is 9.31. The molecule has 1 aromatic rings. The monoisotopic (exact) mass is 254 g/mol. The van der Waals surface area contributed by atoms with Gasteiger partial charge in [0.05, 0.1) is 23.8 Å². The Balaban J connectivity index is 3.07. The van der Waals surface area contributed by atoms with Gasteiger partial charge in [0.15, 0.2) is 0 Å². The Morgan fingerprint density at radius 1 is 1.57 bits per heavy atom. The third-order valence-corrected chi connectivity index (χ3v) is 2.70. The highest BCUT2D eigenvalue weighted by Gasteiger charge is 2.14. The van der Waals surface area contributed by atoms with E-state index in [0.29, 0.717) is 5.56 Å². The molecule has 0 spiro atoms. The Kier molecular flexibility index (Phi) is 3.64. The number of hydrogen-bond donors (Lipinski definition) is 2. The summed E-state index contributed by atoms with van der Waals surface area (Å²) >= 11 is 3.31. The molecular weight excluding hydrogens is 244 g/mol. The molecule has 0 aliphatic carbocycles. The highest BCUT2D eigenvalue weighted by molar-refractivity contribution is 9.10. The fraction of sp³-hybridized carbons (Fsp3) is 0.300. The molecule has 1 aromatic carbocycles. The van der Waals surface area contributed by atoms with Crippen LogP contribution in [0.1, 0.15) is 24.1 Å². The van der Waals surface area contributed by atoms with Crippen molar-refractivity contribution in [1.29, 1.82) is 5.26 Å². The number of halogens is 1. The number of benzene rings is 1. The third-order valence-electron chi connectivity index (χ3n) is 2.01. The second kappa shape index (κ2) is 4.56. The molecule has 0 heterocycles. The maximum Gasteiger partial charge on any atom is 0.0992 e. The first kappa shape index (κ1) is 11.2. The van der Waals surface area contributed by atoms with E-state index in [4.69, 9.17) is 11.0 Å². The summed E-state index contributed by atoms with van der Waals surface area (Å²) < 4.78 is 0.755. The van der Waals surface area contributed by atoms with E-state index in [9.17, 15) is 5.11 Å². The van der Waals surface area contributed by atoms with Crippen LogP contribution in [0.3, 0.4) is 0 Å². The minimum absolute atomic E-state index is 0.433. The molecule has 3 N–H and O–H groups in total. The zero-order valence-electron chi connectivity index (χ0n) is 7.74. The normalized spacial score (nSPS) is 14.5. The SMILES string of the molecule is C[C@H](O)[C@H](N)c1ccc(C#N)cc1Br. The van der Waals surface area contributed by atoms with Gasteiger partial charge in [0.2, 0.25) is 0 Å². The Labute approximate surface area is 91.3 Å². The summed E-state index contributed by atoms with van der Waals surface area (Å²) in [6, 6.07) is 6.72. The zero-order chi connectivity index (χ0) is 10.7. The largest absolute Gasteiger partial charge is 0.391 e. The van der Waals surface area contributed by atoms with Crippen LogP contribution >= 0.6 is 15.9 Å². The Bertz CT molecular complexity index is 371. The van der Waals surface area contributed by atoms with Crippen LogP contribution in [0, 0.1) is 11.3 Å². The van der Waals surface area contributed by atoms with Crippen LogP contribution in [-0.4, -0.2) is 11.2 Å². The first-order valence-electron chi connectivity index (χ1n) is 4.19. The van der Waals surface area contributed by atoms with Crippen LogP contribution in [0.5, 0.6) is 0 Å². The van der Waals surface area contributed by atoms with Gasteiger partial charge in [0, 0.05) is 4.47 Å². The minimum Gasteiger partial charge on any atom is -0.391 e. The van der Waals surface area contributed by atoms with E-state index in [0.717, 1.165) is 10.0 Å². The summed E-state index contributed by atoms with van der Waals surface area (Å²) in [5.41, 5.74) is 7.14. The van der Waals surface area contributed by atoms with Gasteiger partial charge in [-0.05, 0) is 24.6 Å². The molecule has 1 rings (SSSR count). The van der Waals surface area contributed by atoms with Crippen molar-refractivity contribution >= 4 is 15.9 Å². The zero-order valence-corrected chi connectivity index (χ0v) is 9.32. The molecule has 0 bridgehead atoms. The van der Waals surface area contributed by atoms with Gasteiger partial charge in [-0.25, -0.2) is 0 Å². The predicted molar refractivity (Wildman–Crippen MR) is 57.5 cm³/mol. The number of aliphatic hydroxyl groups is 1. The molecule has 3 nitrogen and oxygen atoms in total. The van der Waals surface area contributed by atoms with Crippen LogP contribution in [0.15, 0.2) is 22.7 Å². The molecule has 2 atom stereocenters. The summed E-state index contributed by atoms with van der Waals surface area (Å²) in [7, 11) is 0. The summed E-state index contributed by atoms with van der Waals surface area (Å²) in [4.78, 5) is 0. The molecule has 0 aliphatic rings. The maximum absolute atomic E-state index is 9.31. The highest BCUT2D eigenvalue weighted by atomic mass is 79.9. The van der Waals surface area contributed by atoms with Gasteiger partial charge in [-0.3, -0.25) is 0 Å². The molecule has 0 aromatic heterocycles. The summed E-state index contributed by atoms with van der Waals surface area (Å²) in [6.45, 7) is 1.63. The lowest BCUT2D eigenvalue weighted by Crippen LogP contribution is -2.23. The third kappa shape index (κ3) is 2.32. The quantitative estimate of drug-likeness (QED) is 0.844. The van der Waals surface area contributed by atoms with E-state index in [1.54, 1.807) is 25.1 Å². The fourth-order valence-electron chi connectivity index (χ4n) is 1.13. The van der Waals surface area contributed by atoms with Gasteiger partial charge in [-0.2, -0.15) is 5.26 Å². The summed E-state index contributed by atoms with van der Waals surface area (Å²) in [6.07, 6.45) is -0.612. The number of nitrogens with two attached hydrogens (primary N) is 1. The van der Waals surface area contributed by atoms with Crippen LogP contribution in [-0.2, 0) is 0 Å². The van der Waals surface area contributed by atoms with Gasteiger partial charge < -0.3 is 10.8 Å². The van der Waals surface area contributed by atoms with Crippen molar-refractivity contribution in [1.82, 2.24) is 0 Å². The van der Waals surface area contributed by atoms with E-state index in [1.165, 1.54) is 0 Å². The van der Waals surface area contributed by atoms with E-state index >= 15 is 0 Å². The summed E-state index contributed by atoms with van der Waals surface area (Å²) in [5, 5.41) is 18.0. The van der Waals surface area contributed by atoms with Crippen molar-refractivity contribution in [3.63, 3.8) is 0 Å². The van der Waals surface area contributed by atoms with Gasteiger partial charge >= 0.3 is 0 Å². The highest BCUT2D eigenvalue weighted by Crippen LogP contribution is 2.25. The van der Waals surface area contributed by atoms with Crippen molar-refractivity contribution < 1.29 is 5.11 Å². The van der Waals surface area contributed by atoms with Crippen molar-refractivity contribution in [3.8, 4) is 6.07 Å². The topological polar surface area (TPSA) is 70.0 Å². The first-order valence-corrected chi connectivity index (χ1v) is 4.98. The Morgan fingerprint density at radius 3 is 2.64 bits per heavy atom. The summed E-state index contributed by atoms with van der Waals surface area (Å²) in [5.74, 6) is 0. The molecule has 14 heavy (non-hydrogen) atoms. The van der Waals surface area contributed by atoms with Crippen LogP contribution in [0.25, 0.3) is 0 Å². The lowest BCUT2D eigenvalue weighted by Gasteiger charge is -2.16. The van der Waals surface area contributed by atoms with Crippen molar-refractivity contribution in [2.75, 3.05) is 0 Å². The van der Waals surface area contributed by atoms with Crippen molar-refractivity contribution in [3.05, 3.63) is 33.8 Å². The first-order chi connectivity index (χ1) is 6.56. The Morgan fingerprint density at radius 2 is 2.21 bits per heavy atom. The molecule has 4 heteroatoms. The molecule has 0 aliphatic heterocycles. The molecule has 0 radical (unpaired) electrons. The standard InChI is InChI=1S/C10H11BrN2O/c1-6(14)10(13)8-3-2-7(5-12)4-9(8)11/h2-4,6,10,14H,13H2,1H3/t6-,10-/m0/s1. The average Bonchev–Trinajstić information content (AvgIpc) is 2.16. The van der Waals surface area contributed by atoms with Crippen molar-refractivity contribution in [2.45, 2.75) is 19.1 Å². The van der Waals surface area contributed by atoms with Crippen LogP contribution in [0.4, 0.5) is 0 Å². The molecule has 74 valence electrons. The molecule has 0 unspecified atom stereocenters. The van der Waals surface area contributed by atoms with E-state index in [1.807, 2.05) is 6.07 Å². The van der Waals surface area contributed by atoms with E-state index in [-0.39, 0.29) is 0 Å². The van der Waals surface area contributed by atoms with Crippen molar-refractivity contribution in [2.24, 2.45) is 5.73 Å². The molecule has 0 fully saturated rings. The van der Waals surface area contributed by atoms with Gasteiger partial charge in [-0.1, -0.05) is 22.0 Å². The van der Waals surface area contributed by atoms with Crippen LogP contribution in [0.2, 0.25) is 0 Å². The van der Waals surface area contributed by atoms with Crippen LogP contribution < -0.4 is 5.73 Å². The van der Waals surface area contributed by atoms with Gasteiger partial charge in [-0.15, -0.1) is 0 Å². The molecule has 0 amide bonds. The number of hydrogen-bond acceptors (Lipinski definition) is 3. The number of rotatable bonds is 2. The minimum atomic E-state index is -0.612. The average molecular weight is 255 g/mol. The number of nitriles is 1. The smallest absolute Gasteiger partial charge is 0.0992 e. The second-order valence-corrected chi connectivity index (χ2v) is 3.97. The second-order valence-electron chi connectivity index (χ2n) is 3.11. The van der Waals surface area contributed by atoms with E-state index in [2.05, 4.69) is 15.9 Å².